The summed E-state index contributed by atoms with van der Waals surface area (Å²) >= 11 is 0. The lowest BCUT2D eigenvalue weighted by Crippen LogP contribution is -2.41. The zero-order valence-corrected chi connectivity index (χ0v) is 9.76. The zero-order chi connectivity index (χ0) is 11.0. The molecule has 2 N–H and O–H groups in total. The standard InChI is InChI=1S/C10H23N3O/c1-9(10(14)11-2)12-7-5-6-8-13(3)4/h9,12H,5-8H2,1-4H3,(H,11,14). The molecule has 1 unspecified atom stereocenters. The van der Waals surface area contributed by atoms with E-state index < -0.39 is 0 Å². The smallest absolute Gasteiger partial charge is 0.236 e. The summed E-state index contributed by atoms with van der Waals surface area (Å²) in [7, 11) is 5.80. The minimum atomic E-state index is -0.0839. The largest absolute Gasteiger partial charge is 0.358 e. The third kappa shape index (κ3) is 6.86. The van der Waals surface area contributed by atoms with Gasteiger partial charge in [0.25, 0.3) is 0 Å². The van der Waals surface area contributed by atoms with Crippen molar-refractivity contribution in [3.8, 4) is 0 Å². The van der Waals surface area contributed by atoms with Crippen LogP contribution in [-0.4, -0.2) is 51.1 Å². The summed E-state index contributed by atoms with van der Waals surface area (Å²) in [5, 5.41) is 5.79. The normalized spacial score (nSPS) is 12.9. The Hall–Kier alpha value is -0.610. The summed E-state index contributed by atoms with van der Waals surface area (Å²) in [4.78, 5) is 13.3. The Kier molecular flexibility index (Phi) is 7.42. The molecule has 14 heavy (non-hydrogen) atoms. The zero-order valence-electron chi connectivity index (χ0n) is 9.76. The van der Waals surface area contributed by atoms with Crippen LogP contribution in [0, 0.1) is 0 Å². The van der Waals surface area contributed by atoms with Gasteiger partial charge in [-0.15, -0.1) is 0 Å². The number of hydrogen-bond acceptors (Lipinski definition) is 3. The topological polar surface area (TPSA) is 44.4 Å². The van der Waals surface area contributed by atoms with Gasteiger partial charge in [0.1, 0.15) is 0 Å². The Balaban J connectivity index is 3.31. The van der Waals surface area contributed by atoms with E-state index >= 15 is 0 Å². The van der Waals surface area contributed by atoms with Crippen LogP contribution >= 0.6 is 0 Å². The molecule has 0 saturated heterocycles. The lowest BCUT2D eigenvalue weighted by Gasteiger charge is -2.13. The molecule has 0 spiro atoms. The van der Waals surface area contributed by atoms with Crippen molar-refractivity contribution in [2.45, 2.75) is 25.8 Å². The molecule has 0 fully saturated rings. The van der Waals surface area contributed by atoms with Crippen LogP contribution in [0.1, 0.15) is 19.8 Å². The fraction of sp³-hybridized carbons (Fsp3) is 0.900. The summed E-state index contributed by atoms with van der Waals surface area (Å²) in [6.07, 6.45) is 2.28. The first-order valence-electron chi connectivity index (χ1n) is 5.17. The van der Waals surface area contributed by atoms with Gasteiger partial charge in [0, 0.05) is 7.05 Å². The van der Waals surface area contributed by atoms with Gasteiger partial charge in [-0.2, -0.15) is 0 Å². The maximum absolute atomic E-state index is 11.1. The van der Waals surface area contributed by atoms with Crippen molar-refractivity contribution < 1.29 is 4.79 Å². The number of nitrogens with zero attached hydrogens (tertiary/aromatic N) is 1. The third-order valence-corrected chi connectivity index (χ3v) is 2.12. The first-order chi connectivity index (χ1) is 6.57. The summed E-state index contributed by atoms with van der Waals surface area (Å²) in [6, 6.07) is -0.0839. The van der Waals surface area contributed by atoms with Crippen LogP contribution in [0.25, 0.3) is 0 Å². The van der Waals surface area contributed by atoms with Crippen molar-refractivity contribution in [1.82, 2.24) is 15.5 Å². The number of amides is 1. The molecule has 0 radical (unpaired) electrons. The van der Waals surface area contributed by atoms with Crippen molar-refractivity contribution >= 4 is 5.91 Å². The monoisotopic (exact) mass is 201 g/mol. The SMILES string of the molecule is CNC(=O)C(C)NCCCCN(C)C. The van der Waals surface area contributed by atoms with E-state index in [1.54, 1.807) is 7.05 Å². The summed E-state index contributed by atoms with van der Waals surface area (Å²) in [5.74, 6) is 0.0533. The Morgan fingerprint density at radius 1 is 1.36 bits per heavy atom. The Morgan fingerprint density at radius 2 is 2.00 bits per heavy atom. The number of unbranched alkanes of at least 4 members (excludes halogenated alkanes) is 1. The minimum Gasteiger partial charge on any atom is -0.358 e. The quantitative estimate of drug-likeness (QED) is 0.572. The summed E-state index contributed by atoms with van der Waals surface area (Å²) in [5.41, 5.74) is 0. The van der Waals surface area contributed by atoms with E-state index in [2.05, 4.69) is 29.6 Å². The second kappa shape index (κ2) is 7.76. The van der Waals surface area contributed by atoms with Gasteiger partial charge < -0.3 is 15.5 Å². The highest BCUT2D eigenvalue weighted by atomic mass is 16.2. The molecule has 1 amide bonds. The highest BCUT2D eigenvalue weighted by Gasteiger charge is 2.08. The first-order valence-corrected chi connectivity index (χ1v) is 5.17. The van der Waals surface area contributed by atoms with Crippen molar-refractivity contribution in [3.63, 3.8) is 0 Å². The van der Waals surface area contributed by atoms with Crippen LogP contribution in [-0.2, 0) is 4.79 Å². The van der Waals surface area contributed by atoms with E-state index in [4.69, 9.17) is 0 Å². The molecule has 0 aromatic heterocycles. The maximum atomic E-state index is 11.1. The van der Waals surface area contributed by atoms with Gasteiger partial charge in [-0.25, -0.2) is 0 Å². The number of nitrogens with one attached hydrogen (secondary N) is 2. The lowest BCUT2D eigenvalue weighted by molar-refractivity contribution is -0.122. The van der Waals surface area contributed by atoms with E-state index in [9.17, 15) is 4.79 Å². The van der Waals surface area contributed by atoms with Crippen molar-refractivity contribution in [3.05, 3.63) is 0 Å². The molecule has 0 aliphatic carbocycles. The van der Waals surface area contributed by atoms with Crippen LogP contribution in [0.5, 0.6) is 0 Å². The number of hydrogen-bond donors (Lipinski definition) is 2. The molecule has 4 nitrogen and oxygen atoms in total. The van der Waals surface area contributed by atoms with E-state index in [0.29, 0.717) is 0 Å². The maximum Gasteiger partial charge on any atom is 0.236 e. The number of likely N-dealkylation sites (N-methyl/N-ethyl adjacent to an activating group) is 1. The van der Waals surface area contributed by atoms with Gasteiger partial charge in [0.05, 0.1) is 6.04 Å². The van der Waals surface area contributed by atoms with Crippen LogP contribution < -0.4 is 10.6 Å². The average Bonchev–Trinajstić information content (AvgIpc) is 2.15. The molecule has 0 aromatic rings. The molecule has 1 atom stereocenters. The highest BCUT2D eigenvalue weighted by Crippen LogP contribution is 1.90. The van der Waals surface area contributed by atoms with Crippen molar-refractivity contribution in [2.75, 3.05) is 34.2 Å². The summed E-state index contributed by atoms with van der Waals surface area (Å²) in [6.45, 7) is 3.89. The second-order valence-electron chi connectivity index (χ2n) is 3.80. The number of carbonyl (C=O) groups is 1. The minimum absolute atomic E-state index is 0.0533. The molecule has 0 aliphatic heterocycles. The number of carbonyl (C=O) groups excluding carboxylic acids is 1. The predicted octanol–water partition coefficient (Wildman–Crippen LogP) is 0.0523. The van der Waals surface area contributed by atoms with Gasteiger partial charge in [0.2, 0.25) is 5.91 Å². The van der Waals surface area contributed by atoms with Gasteiger partial charge in [-0.1, -0.05) is 0 Å². The lowest BCUT2D eigenvalue weighted by atomic mass is 10.2. The van der Waals surface area contributed by atoms with Gasteiger partial charge in [-0.3, -0.25) is 4.79 Å². The van der Waals surface area contributed by atoms with Gasteiger partial charge in [0.15, 0.2) is 0 Å². The average molecular weight is 201 g/mol. The fourth-order valence-corrected chi connectivity index (χ4v) is 1.18. The van der Waals surface area contributed by atoms with Crippen molar-refractivity contribution in [2.24, 2.45) is 0 Å². The van der Waals surface area contributed by atoms with Crippen LogP contribution in [0.2, 0.25) is 0 Å². The van der Waals surface area contributed by atoms with E-state index in [-0.39, 0.29) is 11.9 Å². The molecular weight excluding hydrogens is 178 g/mol. The predicted molar refractivity (Wildman–Crippen MR) is 59.3 cm³/mol. The third-order valence-electron chi connectivity index (χ3n) is 2.12. The molecule has 0 heterocycles. The molecule has 0 aliphatic rings. The molecule has 4 heteroatoms. The number of rotatable bonds is 7. The summed E-state index contributed by atoms with van der Waals surface area (Å²) < 4.78 is 0. The Labute approximate surface area is 87.0 Å². The first kappa shape index (κ1) is 13.4. The van der Waals surface area contributed by atoms with Crippen LogP contribution in [0.3, 0.4) is 0 Å². The second-order valence-corrected chi connectivity index (χ2v) is 3.80. The van der Waals surface area contributed by atoms with E-state index in [1.807, 2.05) is 6.92 Å². The molecular formula is C10H23N3O. The van der Waals surface area contributed by atoms with Crippen molar-refractivity contribution in [1.29, 1.82) is 0 Å². The van der Waals surface area contributed by atoms with Gasteiger partial charge in [-0.05, 0) is 47.0 Å². The van der Waals surface area contributed by atoms with Crippen LogP contribution in [0.4, 0.5) is 0 Å². The molecule has 0 saturated carbocycles. The Bertz CT molecular complexity index is 159. The fourth-order valence-electron chi connectivity index (χ4n) is 1.18. The molecule has 0 aromatic carbocycles. The van der Waals surface area contributed by atoms with Crippen LogP contribution in [0.15, 0.2) is 0 Å². The van der Waals surface area contributed by atoms with Gasteiger partial charge >= 0.3 is 0 Å². The molecule has 0 bridgehead atoms. The van der Waals surface area contributed by atoms with E-state index in [0.717, 1.165) is 19.5 Å². The van der Waals surface area contributed by atoms with E-state index in [1.165, 1.54) is 6.42 Å². The highest BCUT2D eigenvalue weighted by molar-refractivity contribution is 5.80. The molecule has 84 valence electrons. The molecule has 0 rings (SSSR count). The Morgan fingerprint density at radius 3 is 2.50 bits per heavy atom.